The SMILES string of the molecule is CC[C@@H](c1nnc(SCc2c(C)noc2C)n1Cc1ccccc1)N(C)C. The summed E-state index contributed by atoms with van der Waals surface area (Å²) < 4.78 is 7.53. The van der Waals surface area contributed by atoms with Crippen molar-refractivity contribution in [1.82, 2.24) is 24.8 Å². The monoisotopic (exact) mass is 385 g/mol. The summed E-state index contributed by atoms with van der Waals surface area (Å²) >= 11 is 1.68. The van der Waals surface area contributed by atoms with E-state index < -0.39 is 0 Å². The highest BCUT2D eigenvalue weighted by Crippen LogP contribution is 2.29. The summed E-state index contributed by atoms with van der Waals surface area (Å²) in [6, 6.07) is 10.7. The number of hydrogen-bond acceptors (Lipinski definition) is 6. The summed E-state index contributed by atoms with van der Waals surface area (Å²) in [6.45, 7) is 6.88. The fourth-order valence-electron chi connectivity index (χ4n) is 3.19. The van der Waals surface area contributed by atoms with Crippen molar-refractivity contribution >= 4 is 11.8 Å². The Kier molecular flexibility index (Phi) is 6.34. The van der Waals surface area contributed by atoms with Gasteiger partial charge in [-0.3, -0.25) is 4.90 Å². The molecule has 2 heterocycles. The molecule has 3 rings (SSSR count). The van der Waals surface area contributed by atoms with Gasteiger partial charge in [0.25, 0.3) is 0 Å². The largest absolute Gasteiger partial charge is 0.361 e. The van der Waals surface area contributed by atoms with E-state index >= 15 is 0 Å². The van der Waals surface area contributed by atoms with Crippen LogP contribution in [0.2, 0.25) is 0 Å². The molecule has 0 fully saturated rings. The zero-order chi connectivity index (χ0) is 19.4. The van der Waals surface area contributed by atoms with Crippen molar-refractivity contribution in [2.45, 2.75) is 50.7 Å². The van der Waals surface area contributed by atoms with Crippen LogP contribution in [0.25, 0.3) is 0 Å². The summed E-state index contributed by atoms with van der Waals surface area (Å²) in [4.78, 5) is 2.20. The van der Waals surface area contributed by atoms with Crippen molar-refractivity contribution in [3.8, 4) is 0 Å². The highest BCUT2D eigenvalue weighted by Gasteiger charge is 2.22. The predicted molar refractivity (Wildman–Crippen MR) is 108 cm³/mol. The van der Waals surface area contributed by atoms with Crippen molar-refractivity contribution in [3.05, 3.63) is 58.7 Å². The summed E-state index contributed by atoms with van der Waals surface area (Å²) in [7, 11) is 4.18. The quantitative estimate of drug-likeness (QED) is 0.541. The van der Waals surface area contributed by atoms with Crippen LogP contribution in [0.1, 0.15) is 47.8 Å². The lowest BCUT2D eigenvalue weighted by atomic mass is 10.2. The van der Waals surface area contributed by atoms with Crippen LogP contribution >= 0.6 is 11.8 Å². The lowest BCUT2D eigenvalue weighted by Gasteiger charge is -2.23. The molecule has 6 nitrogen and oxygen atoms in total. The van der Waals surface area contributed by atoms with Gasteiger partial charge >= 0.3 is 0 Å². The Bertz CT molecular complexity index is 852. The van der Waals surface area contributed by atoms with E-state index in [4.69, 9.17) is 4.52 Å². The van der Waals surface area contributed by atoms with Gasteiger partial charge in [0.15, 0.2) is 11.0 Å². The number of rotatable bonds is 8. The first-order valence-electron chi connectivity index (χ1n) is 9.19. The summed E-state index contributed by atoms with van der Waals surface area (Å²) in [6.07, 6.45) is 0.981. The van der Waals surface area contributed by atoms with Crippen LogP contribution in [0.15, 0.2) is 40.0 Å². The topological polar surface area (TPSA) is 60.0 Å². The lowest BCUT2D eigenvalue weighted by molar-refractivity contribution is 0.272. The van der Waals surface area contributed by atoms with E-state index in [2.05, 4.69) is 70.1 Å². The van der Waals surface area contributed by atoms with Crippen LogP contribution in [0, 0.1) is 13.8 Å². The third-order valence-electron chi connectivity index (χ3n) is 4.76. The summed E-state index contributed by atoms with van der Waals surface area (Å²) in [5.74, 6) is 2.65. The summed E-state index contributed by atoms with van der Waals surface area (Å²) in [5.41, 5.74) is 3.32. The average Bonchev–Trinajstić information content (AvgIpc) is 3.18. The second kappa shape index (κ2) is 8.71. The van der Waals surface area contributed by atoms with E-state index in [1.54, 1.807) is 11.8 Å². The second-order valence-electron chi connectivity index (χ2n) is 6.89. The van der Waals surface area contributed by atoms with Gasteiger partial charge in [-0.2, -0.15) is 0 Å². The molecular formula is C20H27N5OS. The van der Waals surface area contributed by atoms with Gasteiger partial charge in [-0.15, -0.1) is 10.2 Å². The standard InChI is InChI=1S/C20H27N5OS/c1-6-18(24(4)5)19-21-22-20(25(19)12-16-10-8-7-9-11-16)27-13-17-14(2)23-26-15(17)3/h7-11,18H,6,12-13H2,1-5H3/t18-/m0/s1. The van der Waals surface area contributed by atoms with Crippen LogP contribution < -0.4 is 0 Å². The lowest BCUT2D eigenvalue weighted by Crippen LogP contribution is -2.23. The molecule has 0 N–H and O–H groups in total. The van der Waals surface area contributed by atoms with Crippen molar-refractivity contribution in [2.24, 2.45) is 0 Å². The molecule has 1 atom stereocenters. The molecule has 0 amide bonds. The maximum absolute atomic E-state index is 5.29. The molecule has 0 radical (unpaired) electrons. The first kappa shape index (κ1) is 19.6. The number of nitrogens with zero attached hydrogens (tertiary/aromatic N) is 5. The van der Waals surface area contributed by atoms with Crippen LogP contribution in [0.3, 0.4) is 0 Å². The van der Waals surface area contributed by atoms with Crippen LogP contribution in [-0.2, 0) is 12.3 Å². The molecule has 0 saturated heterocycles. The Morgan fingerprint density at radius 2 is 1.89 bits per heavy atom. The maximum Gasteiger partial charge on any atom is 0.191 e. The average molecular weight is 386 g/mol. The van der Waals surface area contributed by atoms with E-state index in [-0.39, 0.29) is 6.04 Å². The first-order valence-corrected chi connectivity index (χ1v) is 10.2. The number of hydrogen-bond donors (Lipinski definition) is 0. The van der Waals surface area contributed by atoms with Crippen LogP contribution in [0.4, 0.5) is 0 Å². The van der Waals surface area contributed by atoms with Crippen molar-refractivity contribution in [2.75, 3.05) is 14.1 Å². The molecule has 0 aliphatic carbocycles. The third kappa shape index (κ3) is 4.42. The molecule has 7 heteroatoms. The number of thioether (sulfide) groups is 1. The zero-order valence-corrected chi connectivity index (χ0v) is 17.5. The minimum Gasteiger partial charge on any atom is -0.361 e. The second-order valence-corrected chi connectivity index (χ2v) is 7.83. The minimum absolute atomic E-state index is 0.231. The Balaban J connectivity index is 1.91. The summed E-state index contributed by atoms with van der Waals surface area (Å²) in [5, 5.41) is 14.1. The molecular weight excluding hydrogens is 358 g/mol. The molecule has 144 valence electrons. The predicted octanol–water partition coefficient (Wildman–Crippen LogP) is 4.24. The van der Waals surface area contributed by atoms with Gasteiger partial charge in [-0.25, -0.2) is 0 Å². The smallest absolute Gasteiger partial charge is 0.191 e. The molecule has 0 bridgehead atoms. The van der Waals surface area contributed by atoms with E-state index in [9.17, 15) is 0 Å². The molecule has 2 aromatic heterocycles. The van der Waals surface area contributed by atoms with Crippen molar-refractivity contribution in [3.63, 3.8) is 0 Å². The zero-order valence-electron chi connectivity index (χ0n) is 16.6. The Morgan fingerprint density at radius 1 is 1.15 bits per heavy atom. The van der Waals surface area contributed by atoms with E-state index in [1.807, 2.05) is 19.9 Å². The van der Waals surface area contributed by atoms with Crippen molar-refractivity contribution in [1.29, 1.82) is 0 Å². The molecule has 0 spiro atoms. The maximum atomic E-state index is 5.29. The molecule has 27 heavy (non-hydrogen) atoms. The Hall–Kier alpha value is -2.12. The molecule has 0 saturated carbocycles. The fraction of sp³-hybridized carbons (Fsp3) is 0.450. The fourth-order valence-corrected chi connectivity index (χ4v) is 4.29. The van der Waals surface area contributed by atoms with Gasteiger partial charge in [0.05, 0.1) is 18.3 Å². The Labute approximate surface area is 165 Å². The molecule has 0 aliphatic heterocycles. The normalized spacial score (nSPS) is 12.7. The van der Waals surface area contributed by atoms with E-state index in [1.165, 1.54) is 5.56 Å². The number of aromatic nitrogens is 4. The number of aryl methyl sites for hydroxylation is 2. The third-order valence-corrected chi connectivity index (χ3v) is 5.76. The molecule has 1 aromatic carbocycles. The van der Waals surface area contributed by atoms with Gasteiger partial charge < -0.3 is 9.09 Å². The minimum atomic E-state index is 0.231. The van der Waals surface area contributed by atoms with Gasteiger partial charge in [0.1, 0.15) is 5.76 Å². The highest BCUT2D eigenvalue weighted by atomic mass is 32.2. The van der Waals surface area contributed by atoms with Gasteiger partial charge in [0, 0.05) is 11.3 Å². The van der Waals surface area contributed by atoms with Crippen LogP contribution in [-0.4, -0.2) is 38.9 Å². The molecule has 0 aliphatic rings. The Morgan fingerprint density at radius 3 is 2.48 bits per heavy atom. The van der Waals surface area contributed by atoms with E-state index in [0.29, 0.717) is 0 Å². The van der Waals surface area contributed by atoms with Crippen molar-refractivity contribution < 1.29 is 4.52 Å². The first-order chi connectivity index (χ1) is 13.0. The number of benzene rings is 1. The molecule has 0 unspecified atom stereocenters. The van der Waals surface area contributed by atoms with Gasteiger partial charge in [-0.05, 0) is 39.9 Å². The highest BCUT2D eigenvalue weighted by molar-refractivity contribution is 7.98. The van der Waals surface area contributed by atoms with E-state index in [0.717, 1.165) is 46.7 Å². The van der Waals surface area contributed by atoms with Crippen LogP contribution in [0.5, 0.6) is 0 Å². The van der Waals surface area contributed by atoms with Gasteiger partial charge in [0.2, 0.25) is 0 Å². The molecule has 3 aromatic rings. The van der Waals surface area contributed by atoms with Gasteiger partial charge in [-0.1, -0.05) is 54.2 Å².